The molecule has 24 heavy (non-hydrogen) atoms. The second-order valence-corrected chi connectivity index (χ2v) is 5.98. The molecule has 0 radical (unpaired) electrons. The van der Waals surface area contributed by atoms with Gasteiger partial charge < -0.3 is 10.6 Å². The van der Waals surface area contributed by atoms with Crippen LogP contribution >= 0.6 is 15.9 Å². The van der Waals surface area contributed by atoms with Crippen molar-refractivity contribution in [3.8, 4) is 0 Å². The molecule has 0 unspecified atom stereocenters. The number of hydrogen-bond donors (Lipinski definition) is 2. The van der Waals surface area contributed by atoms with Crippen LogP contribution in [0.15, 0.2) is 59.2 Å². The van der Waals surface area contributed by atoms with Gasteiger partial charge in [-0.25, -0.2) is 4.39 Å². The van der Waals surface area contributed by atoms with Gasteiger partial charge in [0.15, 0.2) is 5.82 Å². The SMILES string of the molecule is Fc1ccccc1CCNc1nncc(Nc2ccc(Br)cc2)n1. The van der Waals surface area contributed by atoms with E-state index in [4.69, 9.17) is 0 Å². The normalized spacial score (nSPS) is 10.4. The van der Waals surface area contributed by atoms with Crippen molar-refractivity contribution in [2.24, 2.45) is 0 Å². The summed E-state index contributed by atoms with van der Waals surface area (Å²) < 4.78 is 14.6. The number of nitrogens with one attached hydrogen (secondary N) is 2. The fourth-order valence-electron chi connectivity index (χ4n) is 2.13. The van der Waals surface area contributed by atoms with E-state index in [0.717, 1.165) is 10.2 Å². The summed E-state index contributed by atoms with van der Waals surface area (Å²) in [5.74, 6) is 0.776. The molecule has 7 heteroatoms. The standard InChI is InChI=1S/C17H15BrFN5/c18-13-5-7-14(8-6-13)22-16-11-21-24-17(23-16)20-10-9-12-3-1-2-4-15(12)19/h1-8,11H,9-10H2,(H2,20,22,23,24). The van der Waals surface area contributed by atoms with Crippen molar-refractivity contribution in [2.45, 2.75) is 6.42 Å². The van der Waals surface area contributed by atoms with Crippen LogP contribution < -0.4 is 10.6 Å². The summed E-state index contributed by atoms with van der Waals surface area (Å²) in [5, 5.41) is 14.1. The zero-order valence-corrected chi connectivity index (χ0v) is 14.3. The van der Waals surface area contributed by atoms with Gasteiger partial charge in [0.1, 0.15) is 5.82 Å². The zero-order chi connectivity index (χ0) is 16.8. The van der Waals surface area contributed by atoms with Gasteiger partial charge in [0.25, 0.3) is 0 Å². The highest BCUT2D eigenvalue weighted by molar-refractivity contribution is 9.10. The van der Waals surface area contributed by atoms with Gasteiger partial charge in [0.05, 0.1) is 6.20 Å². The number of benzene rings is 2. The molecule has 2 aromatic carbocycles. The van der Waals surface area contributed by atoms with Gasteiger partial charge >= 0.3 is 0 Å². The smallest absolute Gasteiger partial charge is 0.244 e. The van der Waals surface area contributed by atoms with Crippen molar-refractivity contribution in [3.05, 3.63) is 70.6 Å². The van der Waals surface area contributed by atoms with Crippen LogP contribution in [0.25, 0.3) is 0 Å². The third kappa shape index (κ3) is 4.48. The molecule has 0 aliphatic heterocycles. The van der Waals surface area contributed by atoms with Crippen molar-refractivity contribution in [1.29, 1.82) is 0 Å². The largest absolute Gasteiger partial charge is 0.353 e. The third-order valence-electron chi connectivity index (χ3n) is 3.31. The van der Waals surface area contributed by atoms with E-state index in [0.29, 0.717) is 30.3 Å². The van der Waals surface area contributed by atoms with Crippen molar-refractivity contribution < 1.29 is 4.39 Å². The van der Waals surface area contributed by atoms with Crippen LogP contribution in [-0.4, -0.2) is 21.7 Å². The van der Waals surface area contributed by atoms with Crippen LogP contribution in [0.2, 0.25) is 0 Å². The van der Waals surface area contributed by atoms with E-state index in [9.17, 15) is 4.39 Å². The number of hydrogen-bond acceptors (Lipinski definition) is 5. The lowest BCUT2D eigenvalue weighted by Gasteiger charge is -2.08. The van der Waals surface area contributed by atoms with E-state index in [-0.39, 0.29) is 5.82 Å². The van der Waals surface area contributed by atoms with E-state index in [1.54, 1.807) is 18.3 Å². The molecule has 1 heterocycles. The van der Waals surface area contributed by atoms with Crippen molar-refractivity contribution >= 4 is 33.4 Å². The topological polar surface area (TPSA) is 62.7 Å². The number of anilines is 3. The second-order valence-electron chi connectivity index (χ2n) is 5.07. The van der Waals surface area contributed by atoms with Crippen LogP contribution in [-0.2, 0) is 6.42 Å². The maximum absolute atomic E-state index is 13.6. The molecule has 0 saturated heterocycles. The minimum atomic E-state index is -0.205. The Kier molecular flexibility index (Phi) is 5.32. The van der Waals surface area contributed by atoms with Crippen LogP contribution in [0.1, 0.15) is 5.56 Å². The van der Waals surface area contributed by atoms with Gasteiger partial charge in [-0.2, -0.15) is 10.1 Å². The molecular formula is C17H15BrFN5. The summed E-state index contributed by atoms with van der Waals surface area (Å²) >= 11 is 3.39. The highest BCUT2D eigenvalue weighted by Gasteiger charge is 2.03. The quantitative estimate of drug-likeness (QED) is 0.664. The summed E-state index contributed by atoms with van der Waals surface area (Å²) in [6.45, 7) is 0.518. The summed E-state index contributed by atoms with van der Waals surface area (Å²) in [6.07, 6.45) is 2.09. The fraction of sp³-hybridized carbons (Fsp3) is 0.118. The van der Waals surface area contributed by atoms with Crippen molar-refractivity contribution in [1.82, 2.24) is 15.2 Å². The Morgan fingerprint density at radius 1 is 1.04 bits per heavy atom. The predicted octanol–water partition coefficient (Wildman–Crippen LogP) is 4.17. The average Bonchev–Trinajstić information content (AvgIpc) is 2.59. The van der Waals surface area contributed by atoms with Crippen LogP contribution in [0.3, 0.4) is 0 Å². The Labute approximate surface area is 147 Å². The maximum atomic E-state index is 13.6. The molecule has 0 bridgehead atoms. The molecule has 0 amide bonds. The maximum Gasteiger partial charge on any atom is 0.244 e. The molecule has 3 rings (SSSR count). The molecule has 3 aromatic rings. The number of aromatic nitrogens is 3. The third-order valence-corrected chi connectivity index (χ3v) is 3.84. The summed E-state index contributed by atoms with van der Waals surface area (Å²) in [6, 6.07) is 14.4. The Balaban J connectivity index is 1.59. The molecule has 0 aliphatic carbocycles. The lowest BCUT2D eigenvalue weighted by molar-refractivity contribution is 0.610. The first-order valence-corrected chi connectivity index (χ1v) is 8.19. The second kappa shape index (κ2) is 7.83. The first kappa shape index (κ1) is 16.3. The Morgan fingerprint density at radius 3 is 2.62 bits per heavy atom. The van der Waals surface area contributed by atoms with Crippen LogP contribution in [0, 0.1) is 5.82 Å². The van der Waals surface area contributed by atoms with E-state index in [1.807, 2.05) is 30.3 Å². The van der Waals surface area contributed by atoms with Gasteiger partial charge in [0.2, 0.25) is 5.95 Å². The number of halogens is 2. The molecule has 1 aromatic heterocycles. The summed E-state index contributed by atoms with van der Waals surface area (Å²) in [5.41, 5.74) is 1.55. The van der Waals surface area contributed by atoms with Gasteiger partial charge in [0, 0.05) is 16.7 Å². The predicted molar refractivity (Wildman–Crippen MR) is 95.8 cm³/mol. The molecule has 0 fully saturated rings. The Morgan fingerprint density at radius 2 is 1.83 bits per heavy atom. The first-order valence-electron chi connectivity index (χ1n) is 7.40. The van der Waals surface area contributed by atoms with Crippen molar-refractivity contribution in [3.63, 3.8) is 0 Å². The van der Waals surface area contributed by atoms with Crippen LogP contribution in [0.5, 0.6) is 0 Å². The molecule has 5 nitrogen and oxygen atoms in total. The van der Waals surface area contributed by atoms with Gasteiger partial charge in [-0.1, -0.05) is 34.1 Å². The molecule has 0 spiro atoms. The summed E-state index contributed by atoms with van der Waals surface area (Å²) in [7, 11) is 0. The number of nitrogens with zero attached hydrogens (tertiary/aromatic N) is 3. The molecular weight excluding hydrogens is 373 g/mol. The molecule has 0 saturated carbocycles. The average molecular weight is 388 g/mol. The fourth-order valence-corrected chi connectivity index (χ4v) is 2.39. The minimum absolute atomic E-state index is 0.205. The lowest BCUT2D eigenvalue weighted by Crippen LogP contribution is -2.10. The first-order chi connectivity index (χ1) is 11.7. The van der Waals surface area contributed by atoms with Gasteiger partial charge in [-0.15, -0.1) is 5.10 Å². The highest BCUT2D eigenvalue weighted by Crippen LogP contribution is 2.17. The monoisotopic (exact) mass is 387 g/mol. The van der Waals surface area contributed by atoms with Gasteiger partial charge in [-0.3, -0.25) is 0 Å². The zero-order valence-electron chi connectivity index (χ0n) is 12.7. The lowest BCUT2D eigenvalue weighted by atomic mass is 10.1. The van der Waals surface area contributed by atoms with Crippen molar-refractivity contribution in [2.75, 3.05) is 17.2 Å². The highest BCUT2D eigenvalue weighted by atomic mass is 79.9. The molecule has 122 valence electrons. The van der Waals surface area contributed by atoms with Crippen LogP contribution in [0.4, 0.5) is 21.8 Å². The minimum Gasteiger partial charge on any atom is -0.353 e. The molecule has 0 aliphatic rings. The Hall–Kier alpha value is -2.54. The van der Waals surface area contributed by atoms with E-state index in [1.165, 1.54) is 6.07 Å². The Bertz CT molecular complexity index is 810. The van der Waals surface area contributed by atoms with E-state index < -0.39 is 0 Å². The number of rotatable bonds is 6. The molecule has 0 atom stereocenters. The molecule has 2 N–H and O–H groups in total. The van der Waals surface area contributed by atoms with E-state index >= 15 is 0 Å². The van der Waals surface area contributed by atoms with Gasteiger partial charge in [-0.05, 0) is 42.3 Å². The van der Waals surface area contributed by atoms with E-state index in [2.05, 4.69) is 41.7 Å². The summed E-state index contributed by atoms with van der Waals surface area (Å²) in [4.78, 5) is 4.34.